The van der Waals surface area contributed by atoms with Gasteiger partial charge in [-0.15, -0.1) is 0 Å². The molecule has 0 amide bonds. The van der Waals surface area contributed by atoms with Crippen molar-refractivity contribution in [3.63, 3.8) is 0 Å². The molecule has 0 bridgehead atoms. The number of pyridine rings is 1. The molecule has 2 aromatic rings. The molecule has 5 heteroatoms. The van der Waals surface area contributed by atoms with Crippen molar-refractivity contribution in [2.45, 2.75) is 39.7 Å². The van der Waals surface area contributed by atoms with E-state index in [2.05, 4.69) is 15.9 Å². The van der Waals surface area contributed by atoms with Gasteiger partial charge in [-0.1, -0.05) is 20.3 Å². The van der Waals surface area contributed by atoms with Crippen LogP contribution in [0.2, 0.25) is 0 Å². The minimum atomic E-state index is -0.751. The normalized spacial score (nSPS) is 11.2. The van der Waals surface area contributed by atoms with Gasteiger partial charge >= 0.3 is 0 Å². The number of nitrogens with zero attached hydrogens (tertiary/aromatic N) is 1. The Morgan fingerprint density at radius 2 is 1.95 bits per heavy atom. The van der Waals surface area contributed by atoms with Gasteiger partial charge in [-0.25, -0.2) is 8.78 Å². The topological polar surface area (TPSA) is 22.0 Å². The number of hydrogen-bond donors (Lipinski definition) is 0. The lowest BCUT2D eigenvalue weighted by Gasteiger charge is -2.17. The zero-order valence-electron chi connectivity index (χ0n) is 11.5. The summed E-state index contributed by atoms with van der Waals surface area (Å²) in [6, 6.07) is 2.58. The highest BCUT2D eigenvalue weighted by Crippen LogP contribution is 2.27. The first-order valence-electron chi connectivity index (χ1n) is 6.71. The SMILES string of the molecule is CCCCn1c(CC)cc(=O)c2cc(F)c(Br)c(F)c21. The van der Waals surface area contributed by atoms with Crippen molar-refractivity contribution < 1.29 is 8.78 Å². The Hall–Kier alpha value is -1.23. The van der Waals surface area contributed by atoms with E-state index in [0.29, 0.717) is 13.0 Å². The Morgan fingerprint density at radius 1 is 1.25 bits per heavy atom. The third-order valence-corrected chi connectivity index (χ3v) is 4.14. The highest BCUT2D eigenvalue weighted by molar-refractivity contribution is 9.10. The zero-order valence-corrected chi connectivity index (χ0v) is 13.1. The number of benzene rings is 1. The molecule has 0 atom stereocenters. The van der Waals surface area contributed by atoms with E-state index in [1.54, 1.807) is 4.57 Å². The van der Waals surface area contributed by atoms with Crippen LogP contribution in [0, 0.1) is 11.6 Å². The van der Waals surface area contributed by atoms with Crippen LogP contribution >= 0.6 is 15.9 Å². The molecule has 1 aromatic heterocycles. The molecule has 0 saturated heterocycles. The van der Waals surface area contributed by atoms with Gasteiger partial charge in [-0.05, 0) is 34.8 Å². The van der Waals surface area contributed by atoms with E-state index < -0.39 is 11.6 Å². The van der Waals surface area contributed by atoms with Gasteiger partial charge in [0.2, 0.25) is 0 Å². The van der Waals surface area contributed by atoms with Gasteiger partial charge in [0.05, 0.1) is 15.4 Å². The molecule has 0 saturated carbocycles. The monoisotopic (exact) mass is 343 g/mol. The number of hydrogen-bond acceptors (Lipinski definition) is 1. The average molecular weight is 344 g/mol. The Morgan fingerprint density at radius 3 is 2.55 bits per heavy atom. The molecular formula is C15H16BrF2NO. The Kier molecular flexibility index (Phi) is 4.58. The predicted molar refractivity (Wildman–Crippen MR) is 80.1 cm³/mol. The van der Waals surface area contributed by atoms with Gasteiger partial charge in [0.25, 0.3) is 0 Å². The van der Waals surface area contributed by atoms with Crippen molar-refractivity contribution in [3.8, 4) is 0 Å². The minimum Gasteiger partial charge on any atom is -0.342 e. The molecule has 0 spiro atoms. The molecule has 20 heavy (non-hydrogen) atoms. The van der Waals surface area contributed by atoms with Crippen molar-refractivity contribution in [2.75, 3.05) is 0 Å². The fourth-order valence-corrected chi connectivity index (χ4v) is 2.65. The van der Waals surface area contributed by atoms with Crippen LogP contribution in [0.4, 0.5) is 8.78 Å². The van der Waals surface area contributed by atoms with Crippen molar-refractivity contribution in [2.24, 2.45) is 0 Å². The fourth-order valence-electron chi connectivity index (χ4n) is 2.35. The van der Waals surface area contributed by atoms with Gasteiger partial charge in [-0.2, -0.15) is 0 Å². The summed E-state index contributed by atoms with van der Waals surface area (Å²) in [5.74, 6) is -1.46. The molecule has 1 aromatic carbocycles. The molecule has 108 valence electrons. The minimum absolute atomic E-state index is 0.0940. The van der Waals surface area contributed by atoms with E-state index in [1.807, 2.05) is 13.8 Å². The van der Waals surface area contributed by atoms with Gasteiger partial charge in [0, 0.05) is 18.3 Å². The van der Waals surface area contributed by atoms with Crippen molar-refractivity contribution >= 4 is 26.8 Å². The average Bonchev–Trinajstić information content (AvgIpc) is 2.44. The molecule has 0 radical (unpaired) electrons. The molecular weight excluding hydrogens is 328 g/mol. The number of unbranched alkanes of at least 4 members (excludes halogenated alkanes) is 1. The number of aryl methyl sites for hydroxylation is 2. The summed E-state index contributed by atoms with van der Waals surface area (Å²) >= 11 is 2.91. The highest BCUT2D eigenvalue weighted by atomic mass is 79.9. The molecule has 2 nitrogen and oxygen atoms in total. The van der Waals surface area contributed by atoms with Crippen molar-refractivity contribution in [1.29, 1.82) is 0 Å². The standard InChI is InChI=1S/C15H16BrF2NO/c1-3-5-6-19-9(4-2)7-12(20)10-8-11(17)13(16)14(18)15(10)19/h7-8H,3-6H2,1-2H3. The summed E-state index contributed by atoms with van der Waals surface area (Å²) in [6.07, 6.45) is 2.46. The highest BCUT2D eigenvalue weighted by Gasteiger charge is 2.17. The molecule has 1 heterocycles. The number of aromatic nitrogens is 1. The molecule has 0 fully saturated rings. The third kappa shape index (κ3) is 2.51. The van der Waals surface area contributed by atoms with Gasteiger partial charge in [0.1, 0.15) is 5.82 Å². The largest absolute Gasteiger partial charge is 0.342 e. The van der Waals surface area contributed by atoms with Crippen LogP contribution in [-0.4, -0.2) is 4.57 Å². The van der Waals surface area contributed by atoms with Gasteiger partial charge in [-0.3, -0.25) is 4.79 Å². The van der Waals surface area contributed by atoms with Crippen LogP contribution in [0.25, 0.3) is 10.9 Å². The van der Waals surface area contributed by atoms with Crippen LogP contribution in [-0.2, 0) is 13.0 Å². The summed E-state index contributed by atoms with van der Waals surface area (Å²) in [5.41, 5.74) is 0.624. The van der Waals surface area contributed by atoms with E-state index in [9.17, 15) is 13.6 Å². The second kappa shape index (κ2) is 6.04. The molecule has 0 N–H and O–H groups in total. The summed E-state index contributed by atoms with van der Waals surface area (Å²) in [7, 11) is 0. The molecule has 0 unspecified atom stereocenters. The second-order valence-electron chi connectivity index (χ2n) is 4.74. The zero-order chi connectivity index (χ0) is 14.9. The van der Waals surface area contributed by atoms with E-state index in [4.69, 9.17) is 0 Å². The summed E-state index contributed by atoms with van der Waals surface area (Å²) in [4.78, 5) is 12.0. The maximum absolute atomic E-state index is 14.4. The maximum atomic E-state index is 14.4. The van der Waals surface area contributed by atoms with E-state index >= 15 is 0 Å². The lowest BCUT2D eigenvalue weighted by Crippen LogP contribution is -2.16. The Balaban J connectivity index is 2.89. The smallest absolute Gasteiger partial charge is 0.189 e. The number of rotatable bonds is 4. The summed E-state index contributed by atoms with van der Waals surface area (Å²) < 4.78 is 29.6. The Bertz CT molecular complexity index is 709. The van der Waals surface area contributed by atoms with Crippen LogP contribution < -0.4 is 5.43 Å². The van der Waals surface area contributed by atoms with Gasteiger partial charge in [0.15, 0.2) is 11.2 Å². The molecule has 0 aliphatic carbocycles. The maximum Gasteiger partial charge on any atom is 0.189 e. The third-order valence-electron chi connectivity index (χ3n) is 3.41. The molecule has 0 aliphatic rings. The first-order valence-corrected chi connectivity index (χ1v) is 7.50. The van der Waals surface area contributed by atoms with Gasteiger partial charge < -0.3 is 4.57 Å². The number of halogens is 3. The van der Waals surface area contributed by atoms with Crippen molar-refractivity contribution in [1.82, 2.24) is 4.57 Å². The first kappa shape index (κ1) is 15.2. The van der Waals surface area contributed by atoms with Crippen LogP contribution in [0.5, 0.6) is 0 Å². The molecule has 2 rings (SSSR count). The summed E-state index contributed by atoms with van der Waals surface area (Å²) in [6.45, 7) is 4.58. The van der Waals surface area contributed by atoms with E-state index in [-0.39, 0.29) is 20.8 Å². The lowest BCUT2D eigenvalue weighted by atomic mass is 10.1. The fraction of sp³-hybridized carbons (Fsp3) is 0.400. The lowest BCUT2D eigenvalue weighted by molar-refractivity contribution is 0.562. The van der Waals surface area contributed by atoms with E-state index in [0.717, 1.165) is 24.6 Å². The van der Waals surface area contributed by atoms with Crippen LogP contribution in [0.15, 0.2) is 21.4 Å². The predicted octanol–water partition coefficient (Wildman–Crippen LogP) is 4.40. The first-order chi connectivity index (χ1) is 9.51. The van der Waals surface area contributed by atoms with Crippen LogP contribution in [0.3, 0.4) is 0 Å². The van der Waals surface area contributed by atoms with Crippen LogP contribution in [0.1, 0.15) is 32.4 Å². The Labute approximate surface area is 124 Å². The quantitative estimate of drug-likeness (QED) is 0.754. The number of fused-ring (bicyclic) bond motifs is 1. The second-order valence-corrected chi connectivity index (χ2v) is 5.53. The van der Waals surface area contributed by atoms with E-state index in [1.165, 1.54) is 6.07 Å². The van der Waals surface area contributed by atoms with Crippen molar-refractivity contribution in [3.05, 3.63) is 44.2 Å². The summed E-state index contributed by atoms with van der Waals surface area (Å²) in [5, 5.41) is 0.0940. The molecule has 0 aliphatic heterocycles.